The molecule has 1 aromatic carbocycles. The molecule has 186 valence electrons. The van der Waals surface area contributed by atoms with Crippen molar-refractivity contribution < 1.29 is 22.7 Å². The zero-order valence-corrected chi connectivity index (χ0v) is 21.8. The molecule has 0 saturated carbocycles. The van der Waals surface area contributed by atoms with Gasteiger partial charge in [0.1, 0.15) is 11.4 Å². The molecule has 3 rings (SSSR count). The SMILES string of the molecule is Cc1c(OCC2CCN(C(=O)OC(C)(C)C)CC2)ccc(C2CCN(S(C)(=O)=O)CC2)c1C. The van der Waals surface area contributed by atoms with Gasteiger partial charge in [-0.15, -0.1) is 0 Å². The Kier molecular flexibility index (Phi) is 7.99. The van der Waals surface area contributed by atoms with Gasteiger partial charge in [-0.25, -0.2) is 17.5 Å². The first-order chi connectivity index (χ1) is 15.3. The predicted molar refractivity (Wildman–Crippen MR) is 130 cm³/mol. The molecule has 0 radical (unpaired) electrons. The average Bonchev–Trinajstić information content (AvgIpc) is 2.73. The van der Waals surface area contributed by atoms with Gasteiger partial charge in [0.05, 0.1) is 12.9 Å². The van der Waals surface area contributed by atoms with Crippen LogP contribution < -0.4 is 4.74 Å². The van der Waals surface area contributed by atoms with Crippen LogP contribution in [-0.2, 0) is 14.8 Å². The number of carbonyl (C=O) groups excluding carboxylic acids is 1. The lowest BCUT2D eigenvalue weighted by Gasteiger charge is -2.33. The third kappa shape index (κ3) is 6.85. The van der Waals surface area contributed by atoms with Crippen LogP contribution in [0.3, 0.4) is 0 Å². The summed E-state index contributed by atoms with van der Waals surface area (Å²) in [5.41, 5.74) is 3.23. The predicted octanol–water partition coefficient (Wildman–Crippen LogP) is 4.47. The van der Waals surface area contributed by atoms with Gasteiger partial charge in [0.25, 0.3) is 0 Å². The van der Waals surface area contributed by atoms with Crippen molar-refractivity contribution in [2.24, 2.45) is 5.92 Å². The normalized spacial score (nSPS) is 19.5. The molecule has 8 heteroatoms. The van der Waals surface area contributed by atoms with Crippen LogP contribution in [0, 0.1) is 19.8 Å². The summed E-state index contributed by atoms with van der Waals surface area (Å²) in [5, 5.41) is 0. The van der Waals surface area contributed by atoms with Gasteiger partial charge in [0.2, 0.25) is 10.0 Å². The van der Waals surface area contributed by atoms with Crippen molar-refractivity contribution in [2.45, 2.75) is 71.8 Å². The molecule has 0 bridgehead atoms. The van der Waals surface area contributed by atoms with Gasteiger partial charge in [-0.1, -0.05) is 6.07 Å². The standard InChI is InChI=1S/C25H40N2O5S/c1-18-19(2)23(8-7-22(18)21-11-15-27(16-12-21)33(6,29)30)31-17-20-9-13-26(14-10-20)24(28)32-25(3,4)5/h7-8,20-21H,9-17H2,1-6H3. The number of piperidine rings is 2. The number of hydrogen-bond donors (Lipinski definition) is 0. The summed E-state index contributed by atoms with van der Waals surface area (Å²) in [6, 6.07) is 4.22. The summed E-state index contributed by atoms with van der Waals surface area (Å²) in [5.74, 6) is 1.72. The zero-order chi connectivity index (χ0) is 24.4. The van der Waals surface area contributed by atoms with Gasteiger partial charge in [0, 0.05) is 26.2 Å². The molecular weight excluding hydrogens is 440 g/mol. The van der Waals surface area contributed by atoms with Crippen molar-refractivity contribution in [3.63, 3.8) is 0 Å². The van der Waals surface area contributed by atoms with Gasteiger partial charge in [-0.05, 0) is 94.9 Å². The minimum Gasteiger partial charge on any atom is -0.493 e. The van der Waals surface area contributed by atoms with Crippen LogP contribution in [0.1, 0.15) is 69.1 Å². The monoisotopic (exact) mass is 480 g/mol. The van der Waals surface area contributed by atoms with Crippen molar-refractivity contribution >= 4 is 16.1 Å². The van der Waals surface area contributed by atoms with E-state index in [4.69, 9.17) is 9.47 Å². The first-order valence-electron chi connectivity index (χ1n) is 12.0. The van der Waals surface area contributed by atoms with Crippen molar-refractivity contribution in [3.05, 3.63) is 28.8 Å². The van der Waals surface area contributed by atoms with E-state index in [2.05, 4.69) is 26.0 Å². The largest absolute Gasteiger partial charge is 0.493 e. The Labute approximate surface area is 199 Å². The molecule has 0 unspecified atom stereocenters. The van der Waals surface area contributed by atoms with Gasteiger partial charge in [0.15, 0.2) is 0 Å². The lowest BCUT2D eigenvalue weighted by atomic mass is 9.86. The Morgan fingerprint density at radius 1 is 1.00 bits per heavy atom. The Hall–Kier alpha value is -1.80. The van der Waals surface area contributed by atoms with E-state index in [1.807, 2.05) is 20.8 Å². The number of carbonyl (C=O) groups is 1. The smallest absolute Gasteiger partial charge is 0.410 e. The number of rotatable bonds is 5. The summed E-state index contributed by atoms with van der Waals surface area (Å²) < 4.78 is 36.8. The number of sulfonamides is 1. The highest BCUT2D eigenvalue weighted by Crippen LogP contribution is 2.35. The van der Waals surface area contributed by atoms with E-state index in [9.17, 15) is 13.2 Å². The summed E-state index contributed by atoms with van der Waals surface area (Å²) in [6.07, 6.45) is 4.58. The minimum atomic E-state index is -3.11. The first kappa shape index (κ1) is 25.8. The molecule has 7 nitrogen and oxygen atoms in total. The van der Waals surface area contributed by atoms with Crippen LogP contribution in [0.15, 0.2) is 12.1 Å². The third-order valence-corrected chi connectivity index (χ3v) is 8.19. The fourth-order valence-corrected chi connectivity index (χ4v) is 5.60. The Balaban J connectivity index is 1.52. The maximum absolute atomic E-state index is 12.3. The molecule has 1 aromatic rings. The van der Waals surface area contributed by atoms with E-state index in [1.165, 1.54) is 17.4 Å². The number of ether oxygens (including phenoxy) is 2. The van der Waals surface area contributed by atoms with E-state index < -0.39 is 15.6 Å². The second kappa shape index (κ2) is 10.2. The minimum absolute atomic E-state index is 0.230. The fourth-order valence-electron chi connectivity index (χ4n) is 4.73. The van der Waals surface area contributed by atoms with E-state index in [0.29, 0.717) is 44.6 Å². The van der Waals surface area contributed by atoms with Crippen LogP contribution in [0.4, 0.5) is 4.79 Å². The summed E-state index contributed by atoms with van der Waals surface area (Å²) in [6.45, 7) is 13.1. The topological polar surface area (TPSA) is 76.2 Å². The second-order valence-electron chi connectivity index (χ2n) is 10.6. The lowest BCUT2D eigenvalue weighted by Crippen LogP contribution is -2.42. The molecule has 2 fully saturated rings. The Morgan fingerprint density at radius 3 is 2.15 bits per heavy atom. The van der Waals surface area contributed by atoms with Crippen molar-refractivity contribution in [2.75, 3.05) is 39.0 Å². The second-order valence-corrected chi connectivity index (χ2v) is 12.5. The first-order valence-corrected chi connectivity index (χ1v) is 13.9. The highest BCUT2D eigenvalue weighted by molar-refractivity contribution is 7.88. The number of amides is 1. The van der Waals surface area contributed by atoms with Crippen LogP contribution in [0.2, 0.25) is 0 Å². The van der Waals surface area contributed by atoms with E-state index in [1.54, 1.807) is 9.21 Å². The van der Waals surface area contributed by atoms with Crippen LogP contribution in [-0.4, -0.2) is 68.4 Å². The van der Waals surface area contributed by atoms with Crippen LogP contribution >= 0.6 is 0 Å². The van der Waals surface area contributed by atoms with Gasteiger partial charge in [-0.2, -0.15) is 0 Å². The Morgan fingerprint density at radius 2 is 1.61 bits per heavy atom. The van der Waals surface area contributed by atoms with Crippen molar-refractivity contribution in [3.8, 4) is 5.75 Å². The highest BCUT2D eigenvalue weighted by Gasteiger charge is 2.29. The molecule has 0 spiro atoms. The fraction of sp³-hybridized carbons (Fsp3) is 0.720. The zero-order valence-electron chi connectivity index (χ0n) is 21.0. The average molecular weight is 481 g/mol. The number of nitrogens with zero attached hydrogens (tertiary/aromatic N) is 2. The number of likely N-dealkylation sites (tertiary alicyclic amines) is 1. The molecule has 0 aliphatic carbocycles. The molecule has 2 saturated heterocycles. The molecule has 33 heavy (non-hydrogen) atoms. The Bertz CT molecular complexity index is 938. The maximum atomic E-state index is 12.3. The molecule has 2 aliphatic rings. The lowest BCUT2D eigenvalue weighted by molar-refractivity contribution is 0.0165. The quantitative estimate of drug-likeness (QED) is 0.622. The van der Waals surface area contributed by atoms with E-state index in [-0.39, 0.29) is 6.09 Å². The van der Waals surface area contributed by atoms with Crippen LogP contribution in [0.25, 0.3) is 0 Å². The van der Waals surface area contributed by atoms with Gasteiger partial charge in [-0.3, -0.25) is 0 Å². The summed E-state index contributed by atoms with van der Waals surface area (Å²) in [4.78, 5) is 14.0. The molecule has 1 amide bonds. The molecule has 0 aromatic heterocycles. The molecule has 0 atom stereocenters. The maximum Gasteiger partial charge on any atom is 0.410 e. The highest BCUT2D eigenvalue weighted by atomic mass is 32.2. The number of hydrogen-bond acceptors (Lipinski definition) is 5. The van der Waals surface area contributed by atoms with Crippen molar-refractivity contribution in [1.29, 1.82) is 0 Å². The summed E-state index contributed by atoms with van der Waals surface area (Å²) in [7, 11) is -3.11. The molecule has 2 aliphatic heterocycles. The van der Waals surface area contributed by atoms with E-state index in [0.717, 1.165) is 37.0 Å². The number of benzene rings is 1. The van der Waals surface area contributed by atoms with Gasteiger partial charge < -0.3 is 14.4 Å². The molecule has 2 heterocycles. The van der Waals surface area contributed by atoms with Crippen molar-refractivity contribution in [1.82, 2.24) is 9.21 Å². The van der Waals surface area contributed by atoms with E-state index >= 15 is 0 Å². The third-order valence-electron chi connectivity index (χ3n) is 6.88. The summed E-state index contributed by atoms with van der Waals surface area (Å²) >= 11 is 0. The van der Waals surface area contributed by atoms with Crippen LogP contribution in [0.5, 0.6) is 5.75 Å². The molecular formula is C25H40N2O5S. The molecule has 0 N–H and O–H groups in total. The van der Waals surface area contributed by atoms with Gasteiger partial charge >= 0.3 is 6.09 Å².